The van der Waals surface area contributed by atoms with Crippen molar-refractivity contribution in [1.82, 2.24) is 10.6 Å². The van der Waals surface area contributed by atoms with Gasteiger partial charge < -0.3 is 5.32 Å². The third kappa shape index (κ3) is 4.17. The van der Waals surface area contributed by atoms with E-state index in [2.05, 4.69) is 36.6 Å². The lowest BCUT2D eigenvalue weighted by atomic mass is 9.82. The number of carbonyl (C=O) groups excluding carboxylic acids is 2. The highest BCUT2D eigenvalue weighted by molar-refractivity contribution is 5.89. The number of rotatable bonds is 3. The number of nitrogens with one attached hydrogen (secondary N) is 2. The Morgan fingerprint density at radius 1 is 1.27 bits per heavy atom. The smallest absolute Gasteiger partial charge is 0.238 e. The summed E-state index contributed by atoms with van der Waals surface area (Å²) in [6.07, 6.45) is 0.649. The fraction of sp³-hybridized carbons (Fsp3) is 0.556. The highest BCUT2D eigenvalue weighted by Crippen LogP contribution is 2.29. The molecule has 2 rings (SSSR count). The summed E-state index contributed by atoms with van der Waals surface area (Å²) < 4.78 is 0. The molecule has 2 unspecified atom stereocenters. The normalized spacial score (nSPS) is 20.0. The molecule has 0 spiro atoms. The molecule has 0 radical (unpaired) electrons. The minimum atomic E-state index is -0.440. The Kier molecular flexibility index (Phi) is 6.30. The van der Waals surface area contributed by atoms with Crippen molar-refractivity contribution in [3.63, 3.8) is 0 Å². The van der Waals surface area contributed by atoms with Gasteiger partial charge in [-0.2, -0.15) is 0 Å². The summed E-state index contributed by atoms with van der Waals surface area (Å²) in [4.78, 5) is 23.5. The Labute approximate surface area is 133 Å². The molecule has 1 aromatic rings. The molecule has 2 atom stereocenters. The molecule has 0 bridgehead atoms. The van der Waals surface area contributed by atoms with Crippen LogP contribution >= 0.6 is 0 Å². The predicted molar refractivity (Wildman–Crippen MR) is 89.7 cm³/mol. The summed E-state index contributed by atoms with van der Waals surface area (Å²) in [7, 11) is 0. The van der Waals surface area contributed by atoms with Gasteiger partial charge in [-0.25, -0.2) is 0 Å². The van der Waals surface area contributed by atoms with Crippen LogP contribution in [0, 0.1) is 0 Å². The monoisotopic (exact) mass is 304 g/mol. The molecule has 0 aromatic heterocycles. The lowest BCUT2D eigenvalue weighted by molar-refractivity contribution is -0.128. The van der Waals surface area contributed by atoms with Gasteiger partial charge in [-0.1, -0.05) is 38.1 Å². The molecule has 0 fully saturated rings. The third-order valence-corrected chi connectivity index (χ3v) is 3.93. The predicted octanol–water partition coefficient (Wildman–Crippen LogP) is 2.56. The number of benzene rings is 1. The number of amides is 1. The van der Waals surface area contributed by atoms with Crippen molar-refractivity contribution >= 4 is 11.7 Å². The maximum absolute atomic E-state index is 12.3. The zero-order chi connectivity index (χ0) is 16.9. The molecule has 0 saturated heterocycles. The topological polar surface area (TPSA) is 58.2 Å². The summed E-state index contributed by atoms with van der Waals surface area (Å²) in [6.45, 7) is 11.3. The molecule has 4 heteroatoms. The van der Waals surface area contributed by atoms with Gasteiger partial charge in [0.2, 0.25) is 5.91 Å². The van der Waals surface area contributed by atoms with Crippen molar-refractivity contribution < 1.29 is 9.59 Å². The van der Waals surface area contributed by atoms with E-state index in [-0.39, 0.29) is 23.3 Å². The zero-order valence-electron chi connectivity index (χ0n) is 14.5. The minimum Gasteiger partial charge on any atom is -0.345 e. The van der Waals surface area contributed by atoms with E-state index in [0.717, 1.165) is 0 Å². The first-order chi connectivity index (χ1) is 10.3. The SMILES string of the molecule is CC.CC(=O)C(C)NC(=O)C1Cc2ccccc2C(C)(C)N1. The second-order valence-corrected chi connectivity index (χ2v) is 6.02. The van der Waals surface area contributed by atoms with Gasteiger partial charge in [0.05, 0.1) is 12.1 Å². The Balaban J connectivity index is 0.00000116. The summed E-state index contributed by atoms with van der Waals surface area (Å²) in [5.41, 5.74) is 2.16. The van der Waals surface area contributed by atoms with Crippen molar-refractivity contribution in [2.75, 3.05) is 0 Å². The molecule has 1 aromatic carbocycles. The maximum atomic E-state index is 12.3. The highest BCUT2D eigenvalue weighted by atomic mass is 16.2. The highest BCUT2D eigenvalue weighted by Gasteiger charge is 2.35. The van der Waals surface area contributed by atoms with Gasteiger partial charge in [-0.05, 0) is 45.2 Å². The van der Waals surface area contributed by atoms with Gasteiger partial charge in [0.15, 0.2) is 5.78 Å². The Bertz CT molecular complexity index is 538. The van der Waals surface area contributed by atoms with Crippen molar-refractivity contribution in [1.29, 1.82) is 0 Å². The second-order valence-electron chi connectivity index (χ2n) is 6.02. The zero-order valence-corrected chi connectivity index (χ0v) is 14.5. The van der Waals surface area contributed by atoms with Gasteiger partial charge in [-0.15, -0.1) is 0 Å². The summed E-state index contributed by atoms with van der Waals surface area (Å²) >= 11 is 0. The lowest BCUT2D eigenvalue weighted by Crippen LogP contribution is -2.57. The molecule has 22 heavy (non-hydrogen) atoms. The second kappa shape index (κ2) is 7.54. The molecule has 122 valence electrons. The molecular formula is C18H28N2O2. The van der Waals surface area contributed by atoms with Crippen molar-refractivity contribution in [2.45, 2.75) is 65.6 Å². The standard InChI is InChI=1S/C16H22N2O2.C2H6/c1-10(11(2)19)17-15(20)14-9-12-7-5-6-8-13(12)16(3,4)18-14;1-2/h5-8,10,14,18H,9H2,1-4H3,(H,17,20);1-2H3. The fourth-order valence-corrected chi connectivity index (χ4v) is 2.67. The molecule has 2 N–H and O–H groups in total. The van der Waals surface area contributed by atoms with Crippen LogP contribution in [-0.4, -0.2) is 23.8 Å². The van der Waals surface area contributed by atoms with Crippen LogP contribution in [0.5, 0.6) is 0 Å². The van der Waals surface area contributed by atoms with E-state index in [1.165, 1.54) is 18.1 Å². The van der Waals surface area contributed by atoms with Crippen molar-refractivity contribution in [3.8, 4) is 0 Å². The van der Waals surface area contributed by atoms with Crippen LogP contribution in [0.2, 0.25) is 0 Å². The number of hydrogen-bond donors (Lipinski definition) is 2. The molecular weight excluding hydrogens is 276 g/mol. The van der Waals surface area contributed by atoms with E-state index < -0.39 is 6.04 Å². The van der Waals surface area contributed by atoms with Crippen molar-refractivity contribution in [2.24, 2.45) is 0 Å². The summed E-state index contributed by atoms with van der Waals surface area (Å²) in [6, 6.07) is 7.42. The van der Waals surface area contributed by atoms with Gasteiger partial charge in [-0.3, -0.25) is 14.9 Å². The fourth-order valence-electron chi connectivity index (χ4n) is 2.67. The van der Waals surface area contributed by atoms with Gasteiger partial charge >= 0.3 is 0 Å². The van der Waals surface area contributed by atoms with Crippen LogP contribution in [0.15, 0.2) is 24.3 Å². The van der Waals surface area contributed by atoms with Gasteiger partial charge in [0, 0.05) is 5.54 Å². The van der Waals surface area contributed by atoms with Crippen LogP contribution < -0.4 is 10.6 Å². The van der Waals surface area contributed by atoms with E-state index in [9.17, 15) is 9.59 Å². The van der Waals surface area contributed by atoms with Crippen LogP contribution in [0.4, 0.5) is 0 Å². The van der Waals surface area contributed by atoms with E-state index >= 15 is 0 Å². The van der Waals surface area contributed by atoms with E-state index in [1.54, 1.807) is 6.92 Å². The average Bonchev–Trinajstić information content (AvgIpc) is 2.48. The van der Waals surface area contributed by atoms with Crippen LogP contribution in [0.1, 0.15) is 52.7 Å². The summed E-state index contributed by atoms with van der Waals surface area (Å²) in [5.74, 6) is -0.149. The first kappa shape index (κ1) is 18.4. The van der Waals surface area contributed by atoms with Crippen LogP contribution in [0.3, 0.4) is 0 Å². The number of fused-ring (bicyclic) bond motifs is 1. The molecule has 1 amide bonds. The summed E-state index contributed by atoms with van der Waals surface area (Å²) in [5, 5.41) is 6.14. The quantitative estimate of drug-likeness (QED) is 0.902. The van der Waals surface area contributed by atoms with Gasteiger partial charge in [0.1, 0.15) is 0 Å². The van der Waals surface area contributed by atoms with Crippen LogP contribution in [0.25, 0.3) is 0 Å². The molecule has 4 nitrogen and oxygen atoms in total. The molecule has 1 aliphatic heterocycles. The van der Waals surface area contributed by atoms with Crippen LogP contribution in [-0.2, 0) is 21.5 Å². The molecule has 0 aliphatic carbocycles. The number of ketones is 1. The third-order valence-electron chi connectivity index (χ3n) is 3.93. The average molecular weight is 304 g/mol. The Morgan fingerprint density at radius 2 is 1.86 bits per heavy atom. The molecule has 1 aliphatic rings. The van der Waals surface area contributed by atoms with E-state index in [4.69, 9.17) is 0 Å². The Hall–Kier alpha value is -1.68. The van der Waals surface area contributed by atoms with Crippen molar-refractivity contribution in [3.05, 3.63) is 35.4 Å². The van der Waals surface area contributed by atoms with E-state index in [1.807, 2.05) is 26.0 Å². The lowest BCUT2D eigenvalue weighted by Gasteiger charge is -2.38. The number of Topliss-reactive ketones (excluding diaryl/α,β-unsaturated/α-hetero) is 1. The first-order valence-electron chi connectivity index (χ1n) is 7.98. The Morgan fingerprint density at radius 3 is 2.45 bits per heavy atom. The maximum Gasteiger partial charge on any atom is 0.238 e. The van der Waals surface area contributed by atoms with E-state index in [0.29, 0.717) is 6.42 Å². The number of hydrogen-bond acceptors (Lipinski definition) is 3. The largest absolute Gasteiger partial charge is 0.345 e. The molecule has 0 saturated carbocycles. The molecule has 1 heterocycles. The first-order valence-corrected chi connectivity index (χ1v) is 7.98. The minimum absolute atomic E-state index is 0.0335. The number of carbonyl (C=O) groups is 2. The van der Waals surface area contributed by atoms with Gasteiger partial charge in [0.25, 0.3) is 0 Å².